The van der Waals surface area contributed by atoms with Gasteiger partial charge in [0.25, 0.3) is 15.9 Å². The summed E-state index contributed by atoms with van der Waals surface area (Å²) < 4.78 is 28.1. The molecule has 32 heavy (non-hydrogen) atoms. The molecule has 3 aromatic rings. The van der Waals surface area contributed by atoms with Crippen LogP contribution in [0.4, 0.5) is 21.9 Å². The minimum atomic E-state index is -3.93. The van der Waals surface area contributed by atoms with E-state index in [9.17, 15) is 18.0 Å². The molecule has 0 unspecified atom stereocenters. The molecule has 3 rings (SSSR count). The molecule has 0 radical (unpaired) electrons. The number of hydrogen-bond donors (Lipinski definition) is 4. The van der Waals surface area contributed by atoms with Crippen molar-refractivity contribution in [3.05, 3.63) is 82.9 Å². The molecule has 8 nitrogen and oxygen atoms in total. The zero-order valence-electron chi connectivity index (χ0n) is 17.3. The third-order valence-corrected chi connectivity index (χ3v) is 6.10. The monoisotopic (exact) mass is 472 g/mol. The fraction of sp³-hybridized carbons (Fsp3) is 0.0909. The number of amides is 3. The van der Waals surface area contributed by atoms with Crippen LogP contribution in [0, 0.1) is 6.92 Å². The summed E-state index contributed by atoms with van der Waals surface area (Å²) in [5.41, 5.74) is 2.30. The largest absolute Gasteiger partial charge is 0.341 e. The number of aryl methyl sites for hydroxylation is 1. The Morgan fingerprint density at radius 2 is 1.50 bits per heavy atom. The summed E-state index contributed by atoms with van der Waals surface area (Å²) in [4.78, 5) is 24.0. The minimum absolute atomic E-state index is 0.00588. The van der Waals surface area contributed by atoms with Crippen molar-refractivity contribution in [2.45, 2.75) is 11.8 Å². The first-order valence-corrected chi connectivity index (χ1v) is 11.3. The summed E-state index contributed by atoms with van der Waals surface area (Å²) >= 11 is 6.16. The molecule has 0 spiro atoms. The van der Waals surface area contributed by atoms with Crippen molar-refractivity contribution in [3.63, 3.8) is 0 Å². The van der Waals surface area contributed by atoms with Crippen molar-refractivity contribution >= 4 is 50.6 Å². The van der Waals surface area contributed by atoms with Gasteiger partial charge in [0.2, 0.25) is 0 Å². The van der Waals surface area contributed by atoms with Gasteiger partial charge in [0.05, 0.1) is 15.5 Å². The second kappa shape index (κ2) is 9.71. The van der Waals surface area contributed by atoms with Gasteiger partial charge in [0, 0.05) is 24.1 Å². The van der Waals surface area contributed by atoms with E-state index in [1.54, 1.807) is 42.5 Å². The van der Waals surface area contributed by atoms with Gasteiger partial charge < -0.3 is 16.0 Å². The first kappa shape index (κ1) is 23.1. The molecule has 4 N–H and O–H groups in total. The van der Waals surface area contributed by atoms with Gasteiger partial charge in [0.15, 0.2) is 0 Å². The Kier molecular flexibility index (Phi) is 7.01. The van der Waals surface area contributed by atoms with Gasteiger partial charge in [-0.05, 0) is 67.1 Å². The SMILES string of the molecule is CNC(=O)Nc1ccc(NC(=O)c2cc(S(=O)(=O)Nc3cccc(C)c3)ccc2Cl)cc1. The Morgan fingerprint density at radius 3 is 2.12 bits per heavy atom. The lowest BCUT2D eigenvalue weighted by Gasteiger charge is -2.12. The number of sulfonamides is 1. The number of nitrogens with one attached hydrogen (secondary N) is 4. The van der Waals surface area contributed by atoms with E-state index in [2.05, 4.69) is 20.7 Å². The van der Waals surface area contributed by atoms with Gasteiger partial charge >= 0.3 is 6.03 Å². The van der Waals surface area contributed by atoms with E-state index in [-0.39, 0.29) is 21.5 Å². The lowest BCUT2D eigenvalue weighted by atomic mass is 10.2. The third-order valence-electron chi connectivity index (χ3n) is 4.39. The van der Waals surface area contributed by atoms with Crippen LogP contribution in [-0.2, 0) is 10.0 Å². The third kappa shape index (κ3) is 5.77. The average molecular weight is 473 g/mol. The number of carbonyl (C=O) groups is 2. The first-order valence-electron chi connectivity index (χ1n) is 9.47. The molecule has 166 valence electrons. The maximum atomic E-state index is 12.8. The van der Waals surface area contributed by atoms with E-state index in [1.165, 1.54) is 25.2 Å². The average Bonchev–Trinajstić information content (AvgIpc) is 2.74. The van der Waals surface area contributed by atoms with E-state index >= 15 is 0 Å². The van der Waals surface area contributed by atoms with E-state index in [4.69, 9.17) is 11.6 Å². The Bertz CT molecular complexity index is 1260. The van der Waals surface area contributed by atoms with Crippen LogP contribution in [0.1, 0.15) is 15.9 Å². The number of carbonyl (C=O) groups excluding carboxylic acids is 2. The highest BCUT2D eigenvalue weighted by atomic mass is 35.5. The van der Waals surface area contributed by atoms with Crippen LogP contribution >= 0.6 is 11.6 Å². The summed E-state index contributed by atoms with van der Waals surface area (Å²) in [6.07, 6.45) is 0. The number of rotatable bonds is 6. The smallest absolute Gasteiger partial charge is 0.318 e. The number of anilines is 3. The normalized spacial score (nSPS) is 10.8. The van der Waals surface area contributed by atoms with Gasteiger partial charge in [-0.3, -0.25) is 9.52 Å². The summed E-state index contributed by atoms with van der Waals surface area (Å²) in [5, 5.41) is 7.81. The fourth-order valence-electron chi connectivity index (χ4n) is 2.80. The number of halogens is 1. The standard InChI is InChI=1S/C22H21ClN4O4S/c1-14-4-3-5-17(12-14)27-32(30,31)18-10-11-20(23)19(13-18)21(28)25-15-6-8-16(9-7-15)26-22(29)24-2/h3-13,27H,1-2H3,(H,25,28)(H2,24,26,29). The lowest BCUT2D eigenvalue weighted by molar-refractivity contribution is 0.102. The minimum Gasteiger partial charge on any atom is -0.341 e. The fourth-order valence-corrected chi connectivity index (χ4v) is 4.08. The molecule has 0 aliphatic heterocycles. The lowest BCUT2D eigenvalue weighted by Crippen LogP contribution is -2.24. The topological polar surface area (TPSA) is 116 Å². The van der Waals surface area contributed by atoms with E-state index in [0.29, 0.717) is 17.1 Å². The molecule has 0 atom stereocenters. The summed E-state index contributed by atoms with van der Waals surface area (Å²) in [6, 6.07) is 16.9. The van der Waals surface area contributed by atoms with Crippen LogP contribution in [0.25, 0.3) is 0 Å². The van der Waals surface area contributed by atoms with Crippen molar-refractivity contribution in [2.75, 3.05) is 22.4 Å². The van der Waals surface area contributed by atoms with Gasteiger partial charge in [-0.1, -0.05) is 23.7 Å². The highest BCUT2D eigenvalue weighted by Crippen LogP contribution is 2.24. The van der Waals surface area contributed by atoms with Gasteiger partial charge in [-0.25, -0.2) is 13.2 Å². The van der Waals surface area contributed by atoms with E-state index < -0.39 is 15.9 Å². The summed E-state index contributed by atoms with van der Waals surface area (Å²) in [6.45, 7) is 1.85. The Labute approximate surface area is 191 Å². The predicted octanol–water partition coefficient (Wildman–Crippen LogP) is 4.45. The Hall–Kier alpha value is -3.56. The first-order chi connectivity index (χ1) is 15.2. The van der Waals surface area contributed by atoms with Gasteiger partial charge in [0.1, 0.15) is 0 Å². The molecule has 0 fully saturated rings. The van der Waals surface area contributed by atoms with Crippen LogP contribution in [0.3, 0.4) is 0 Å². The summed E-state index contributed by atoms with van der Waals surface area (Å²) in [7, 11) is -2.43. The molecular weight excluding hydrogens is 452 g/mol. The molecule has 0 aliphatic carbocycles. The second-order valence-electron chi connectivity index (χ2n) is 6.85. The molecule has 10 heteroatoms. The number of benzene rings is 3. The second-order valence-corrected chi connectivity index (χ2v) is 8.94. The van der Waals surface area contributed by atoms with E-state index in [1.807, 2.05) is 13.0 Å². The van der Waals surface area contributed by atoms with E-state index in [0.717, 1.165) is 5.56 Å². The maximum absolute atomic E-state index is 12.8. The zero-order valence-corrected chi connectivity index (χ0v) is 18.8. The Balaban J connectivity index is 1.79. The summed E-state index contributed by atoms with van der Waals surface area (Å²) in [5.74, 6) is -0.574. The van der Waals surface area contributed by atoms with Crippen LogP contribution in [0.2, 0.25) is 5.02 Å². The van der Waals surface area contributed by atoms with Crippen molar-refractivity contribution in [3.8, 4) is 0 Å². The predicted molar refractivity (Wildman–Crippen MR) is 126 cm³/mol. The van der Waals surface area contributed by atoms with Gasteiger partial charge in [-0.15, -0.1) is 0 Å². The molecule has 3 amide bonds. The maximum Gasteiger partial charge on any atom is 0.318 e. The van der Waals surface area contributed by atoms with Crippen LogP contribution in [-0.4, -0.2) is 27.4 Å². The molecule has 0 saturated heterocycles. The molecule has 0 saturated carbocycles. The molecule has 0 aliphatic rings. The number of hydrogen-bond acceptors (Lipinski definition) is 4. The van der Waals surface area contributed by atoms with Crippen LogP contribution in [0.15, 0.2) is 71.6 Å². The van der Waals surface area contributed by atoms with Crippen molar-refractivity contribution in [2.24, 2.45) is 0 Å². The van der Waals surface area contributed by atoms with Crippen molar-refractivity contribution in [1.29, 1.82) is 0 Å². The van der Waals surface area contributed by atoms with Gasteiger partial charge in [-0.2, -0.15) is 0 Å². The molecule has 0 bridgehead atoms. The van der Waals surface area contributed by atoms with Crippen molar-refractivity contribution < 1.29 is 18.0 Å². The highest BCUT2D eigenvalue weighted by Gasteiger charge is 2.19. The molecular formula is C22H21ClN4O4S. The quantitative estimate of drug-likeness (QED) is 0.424. The van der Waals surface area contributed by atoms with Crippen molar-refractivity contribution in [1.82, 2.24) is 5.32 Å². The molecule has 3 aromatic carbocycles. The number of urea groups is 1. The Morgan fingerprint density at radius 1 is 0.844 bits per heavy atom. The van der Waals surface area contributed by atoms with Crippen LogP contribution in [0.5, 0.6) is 0 Å². The molecule has 0 heterocycles. The van der Waals surface area contributed by atoms with Crippen LogP contribution < -0.4 is 20.7 Å². The highest BCUT2D eigenvalue weighted by molar-refractivity contribution is 7.92. The zero-order chi connectivity index (χ0) is 23.3. The molecule has 0 aromatic heterocycles.